The molecule has 0 heterocycles. The van der Waals surface area contributed by atoms with Gasteiger partial charge in [-0.2, -0.15) is 0 Å². The Morgan fingerprint density at radius 2 is 2.00 bits per heavy atom. The van der Waals surface area contributed by atoms with E-state index in [4.69, 9.17) is 0 Å². The zero-order valence-electron chi connectivity index (χ0n) is 10.5. The lowest BCUT2D eigenvalue weighted by molar-refractivity contribution is 0.271. The lowest BCUT2D eigenvalue weighted by Gasteiger charge is -2.34. The average Bonchev–Trinajstić information content (AvgIpc) is 2.20. The Bertz CT molecular complexity index is 202. The van der Waals surface area contributed by atoms with Crippen molar-refractivity contribution in [3.8, 4) is 0 Å². The number of allylic oxidation sites excluding steroid dienone is 2. The van der Waals surface area contributed by atoms with Crippen LogP contribution in [0.25, 0.3) is 0 Å². The van der Waals surface area contributed by atoms with Crippen molar-refractivity contribution in [2.45, 2.75) is 53.9 Å². The second-order valence-corrected chi connectivity index (χ2v) is 5.15. The molecule has 0 radical (unpaired) electrons. The van der Waals surface area contributed by atoms with Crippen LogP contribution < -0.4 is 0 Å². The quantitative estimate of drug-likeness (QED) is 0.573. The molecule has 1 rings (SSSR count). The van der Waals surface area contributed by atoms with E-state index in [1.54, 1.807) is 5.57 Å². The molecule has 0 saturated carbocycles. The van der Waals surface area contributed by atoms with Crippen molar-refractivity contribution in [1.82, 2.24) is 0 Å². The Labute approximate surface area is 89.8 Å². The summed E-state index contributed by atoms with van der Waals surface area (Å²) in [5.74, 6) is 3.42. The number of rotatable bonds is 3. The van der Waals surface area contributed by atoms with Gasteiger partial charge in [0.25, 0.3) is 0 Å². The first-order valence-electron chi connectivity index (χ1n) is 6.30. The molecule has 14 heavy (non-hydrogen) atoms. The first-order valence-corrected chi connectivity index (χ1v) is 6.30. The highest BCUT2D eigenvalue weighted by molar-refractivity contribution is 5.13. The molecule has 0 bridgehead atoms. The van der Waals surface area contributed by atoms with Crippen LogP contribution in [0.3, 0.4) is 0 Å². The summed E-state index contributed by atoms with van der Waals surface area (Å²) in [6.07, 6.45) is 6.55. The zero-order chi connectivity index (χ0) is 10.7. The Balaban J connectivity index is 2.76. The second kappa shape index (κ2) is 5.00. The van der Waals surface area contributed by atoms with Gasteiger partial charge in [0.15, 0.2) is 0 Å². The summed E-state index contributed by atoms with van der Waals surface area (Å²) < 4.78 is 0. The summed E-state index contributed by atoms with van der Waals surface area (Å²) in [5.41, 5.74) is 1.70. The molecule has 0 saturated heterocycles. The zero-order valence-corrected chi connectivity index (χ0v) is 10.5. The van der Waals surface area contributed by atoms with E-state index in [2.05, 4.69) is 40.7 Å². The molecule has 0 aromatic carbocycles. The summed E-state index contributed by atoms with van der Waals surface area (Å²) in [7, 11) is 0. The maximum absolute atomic E-state index is 2.58. The molecule has 0 spiro atoms. The van der Waals surface area contributed by atoms with Gasteiger partial charge >= 0.3 is 0 Å². The van der Waals surface area contributed by atoms with Gasteiger partial charge in [-0.25, -0.2) is 0 Å². The smallest absolute Gasteiger partial charge is 0.0202 e. The van der Waals surface area contributed by atoms with Gasteiger partial charge in [-0.1, -0.05) is 52.7 Å². The van der Waals surface area contributed by atoms with Crippen LogP contribution >= 0.6 is 0 Å². The fraction of sp³-hybridized carbons (Fsp3) is 0.857. The van der Waals surface area contributed by atoms with Crippen LogP contribution in [0, 0.1) is 23.7 Å². The minimum Gasteiger partial charge on any atom is -0.0817 e. The molecular weight excluding hydrogens is 168 g/mol. The normalized spacial score (nSPS) is 35.2. The van der Waals surface area contributed by atoms with Gasteiger partial charge in [0, 0.05) is 0 Å². The predicted molar refractivity (Wildman–Crippen MR) is 64.3 cm³/mol. The third kappa shape index (κ3) is 2.40. The summed E-state index contributed by atoms with van der Waals surface area (Å²) in [6, 6.07) is 0. The lowest BCUT2D eigenvalue weighted by Crippen LogP contribution is -2.24. The minimum atomic E-state index is 0.820. The van der Waals surface area contributed by atoms with Crippen molar-refractivity contribution < 1.29 is 0 Å². The largest absolute Gasteiger partial charge is 0.0817 e. The fourth-order valence-electron chi connectivity index (χ4n) is 2.63. The molecule has 0 N–H and O–H groups in total. The predicted octanol–water partition coefficient (Wildman–Crippen LogP) is 4.66. The molecule has 1 aliphatic rings. The molecule has 0 aliphatic heterocycles. The van der Waals surface area contributed by atoms with Crippen LogP contribution in [0.5, 0.6) is 0 Å². The molecule has 82 valence electrons. The summed E-state index contributed by atoms with van der Waals surface area (Å²) >= 11 is 0. The van der Waals surface area contributed by atoms with E-state index in [0.717, 1.165) is 23.7 Å². The van der Waals surface area contributed by atoms with Gasteiger partial charge in [-0.15, -0.1) is 0 Å². The van der Waals surface area contributed by atoms with E-state index in [1.807, 2.05) is 0 Å². The molecule has 0 nitrogen and oxygen atoms in total. The highest BCUT2D eigenvalue weighted by atomic mass is 14.3. The lowest BCUT2D eigenvalue weighted by atomic mass is 9.71. The molecule has 4 unspecified atom stereocenters. The third-order valence-corrected chi connectivity index (χ3v) is 4.29. The van der Waals surface area contributed by atoms with E-state index in [1.165, 1.54) is 19.3 Å². The molecular formula is C14H26. The van der Waals surface area contributed by atoms with Crippen molar-refractivity contribution in [2.75, 3.05) is 0 Å². The van der Waals surface area contributed by atoms with Crippen molar-refractivity contribution in [3.63, 3.8) is 0 Å². The molecule has 0 fully saturated rings. The Kier molecular flexibility index (Phi) is 4.22. The molecule has 0 heteroatoms. The topological polar surface area (TPSA) is 0 Å². The van der Waals surface area contributed by atoms with Crippen LogP contribution in [0.4, 0.5) is 0 Å². The molecule has 4 atom stereocenters. The number of hydrogen-bond acceptors (Lipinski definition) is 0. The fourth-order valence-corrected chi connectivity index (χ4v) is 2.63. The minimum absolute atomic E-state index is 0.820. The standard InChI is InChI=1S/C14H26/c1-6-10(3)14-8-11(4)12(5)13(7-2)9-14/h9-12,14H,6-8H2,1-5H3. The van der Waals surface area contributed by atoms with Crippen molar-refractivity contribution in [1.29, 1.82) is 0 Å². The summed E-state index contributed by atoms with van der Waals surface area (Å²) in [4.78, 5) is 0. The van der Waals surface area contributed by atoms with Crippen LogP contribution in [-0.4, -0.2) is 0 Å². The Hall–Kier alpha value is -0.260. The first kappa shape index (κ1) is 11.8. The average molecular weight is 194 g/mol. The Morgan fingerprint density at radius 3 is 2.50 bits per heavy atom. The van der Waals surface area contributed by atoms with Gasteiger partial charge in [0.1, 0.15) is 0 Å². The first-order chi connectivity index (χ1) is 6.60. The second-order valence-electron chi connectivity index (χ2n) is 5.15. The molecule has 0 aromatic heterocycles. The number of hydrogen-bond donors (Lipinski definition) is 0. The maximum atomic E-state index is 2.58. The van der Waals surface area contributed by atoms with Gasteiger partial charge in [-0.05, 0) is 36.5 Å². The third-order valence-electron chi connectivity index (χ3n) is 4.29. The van der Waals surface area contributed by atoms with Crippen molar-refractivity contribution in [3.05, 3.63) is 11.6 Å². The van der Waals surface area contributed by atoms with Gasteiger partial charge in [-0.3, -0.25) is 0 Å². The van der Waals surface area contributed by atoms with Crippen molar-refractivity contribution >= 4 is 0 Å². The molecule has 0 aromatic rings. The van der Waals surface area contributed by atoms with Crippen LogP contribution in [0.15, 0.2) is 11.6 Å². The van der Waals surface area contributed by atoms with E-state index >= 15 is 0 Å². The van der Waals surface area contributed by atoms with E-state index < -0.39 is 0 Å². The van der Waals surface area contributed by atoms with Crippen molar-refractivity contribution in [2.24, 2.45) is 23.7 Å². The van der Waals surface area contributed by atoms with Gasteiger partial charge in [0.05, 0.1) is 0 Å². The van der Waals surface area contributed by atoms with Crippen LogP contribution in [-0.2, 0) is 0 Å². The highest BCUT2D eigenvalue weighted by Crippen LogP contribution is 2.38. The monoisotopic (exact) mass is 194 g/mol. The Morgan fingerprint density at radius 1 is 1.36 bits per heavy atom. The maximum Gasteiger partial charge on any atom is -0.0202 e. The molecule has 0 amide bonds. The summed E-state index contributed by atoms with van der Waals surface area (Å²) in [5, 5.41) is 0. The van der Waals surface area contributed by atoms with Gasteiger partial charge < -0.3 is 0 Å². The highest BCUT2D eigenvalue weighted by Gasteiger charge is 2.27. The van der Waals surface area contributed by atoms with E-state index in [9.17, 15) is 0 Å². The van der Waals surface area contributed by atoms with E-state index in [-0.39, 0.29) is 0 Å². The van der Waals surface area contributed by atoms with Gasteiger partial charge in [0.2, 0.25) is 0 Å². The SMILES string of the molecule is CCC1=CC(C(C)CC)CC(C)C1C. The summed E-state index contributed by atoms with van der Waals surface area (Å²) in [6.45, 7) is 11.8. The van der Waals surface area contributed by atoms with Crippen LogP contribution in [0.2, 0.25) is 0 Å². The van der Waals surface area contributed by atoms with E-state index in [0.29, 0.717) is 0 Å². The van der Waals surface area contributed by atoms with Crippen LogP contribution in [0.1, 0.15) is 53.9 Å². The molecule has 1 aliphatic carbocycles.